The molecule has 0 spiro atoms. The molecule has 8 heteroatoms. The molecule has 2 aliphatic rings. The van der Waals surface area contributed by atoms with Crippen LogP contribution in [0, 0.1) is 5.92 Å². The number of amides is 1. The second-order valence-corrected chi connectivity index (χ2v) is 6.74. The maximum Gasteiger partial charge on any atom is 0.227 e. The lowest BCUT2D eigenvalue weighted by atomic mass is 9.96. The fourth-order valence-electron chi connectivity index (χ4n) is 3.74. The van der Waals surface area contributed by atoms with Crippen molar-refractivity contribution < 1.29 is 4.79 Å². The molecule has 2 fully saturated rings. The van der Waals surface area contributed by atoms with E-state index in [1.165, 1.54) is 17.5 Å². The number of carbonyl (C=O) groups excluding carboxylic acids is 1. The SMILES string of the molecule is O=C([C@@H]1CCCN(c2ccc3nnnn3n2)C1)N1CCCCCC1. The third-order valence-electron chi connectivity index (χ3n) is 5.07. The number of nitrogens with zero attached hydrogens (tertiary/aromatic N) is 7. The summed E-state index contributed by atoms with van der Waals surface area (Å²) in [5.41, 5.74) is 0.632. The zero-order chi connectivity index (χ0) is 16.4. The molecule has 0 aromatic carbocycles. The Labute approximate surface area is 140 Å². The van der Waals surface area contributed by atoms with Gasteiger partial charge in [0.25, 0.3) is 0 Å². The summed E-state index contributed by atoms with van der Waals surface area (Å²) in [6.07, 6.45) is 6.75. The van der Waals surface area contributed by atoms with E-state index in [2.05, 4.69) is 30.4 Å². The number of rotatable bonds is 2. The Morgan fingerprint density at radius 1 is 1.04 bits per heavy atom. The van der Waals surface area contributed by atoms with Crippen molar-refractivity contribution in [1.82, 2.24) is 30.2 Å². The Bertz CT molecular complexity index is 707. The Hall–Kier alpha value is -2.25. The highest BCUT2D eigenvalue weighted by Crippen LogP contribution is 2.24. The van der Waals surface area contributed by atoms with Gasteiger partial charge in [0.2, 0.25) is 5.91 Å². The first-order chi connectivity index (χ1) is 11.8. The summed E-state index contributed by atoms with van der Waals surface area (Å²) in [4.78, 5) is 17.2. The number of hydrogen-bond acceptors (Lipinski definition) is 6. The van der Waals surface area contributed by atoms with Crippen LogP contribution >= 0.6 is 0 Å². The van der Waals surface area contributed by atoms with Crippen LogP contribution < -0.4 is 4.90 Å². The molecular weight excluding hydrogens is 306 g/mol. The molecule has 128 valence electrons. The summed E-state index contributed by atoms with van der Waals surface area (Å²) in [5.74, 6) is 1.23. The molecule has 0 aliphatic carbocycles. The van der Waals surface area contributed by atoms with Gasteiger partial charge in [-0.05, 0) is 48.2 Å². The Morgan fingerprint density at radius 3 is 2.71 bits per heavy atom. The molecule has 4 heterocycles. The number of likely N-dealkylation sites (tertiary alicyclic amines) is 1. The molecule has 1 amide bonds. The molecule has 2 aliphatic heterocycles. The van der Waals surface area contributed by atoms with Gasteiger partial charge in [-0.15, -0.1) is 14.8 Å². The van der Waals surface area contributed by atoms with Gasteiger partial charge in [-0.3, -0.25) is 4.79 Å². The van der Waals surface area contributed by atoms with Gasteiger partial charge in [-0.1, -0.05) is 12.8 Å². The standard InChI is InChI=1S/C16H23N7O/c24-16(21-9-3-1-2-4-10-21)13-6-5-11-22(12-13)15-8-7-14-17-19-20-23(14)18-15/h7-8,13H,1-6,9-12H2/t13-/m1/s1. The van der Waals surface area contributed by atoms with E-state index < -0.39 is 0 Å². The highest BCUT2D eigenvalue weighted by atomic mass is 16.2. The monoisotopic (exact) mass is 329 g/mol. The molecular formula is C16H23N7O. The van der Waals surface area contributed by atoms with Crippen molar-refractivity contribution in [1.29, 1.82) is 0 Å². The van der Waals surface area contributed by atoms with Gasteiger partial charge in [0.1, 0.15) is 0 Å². The van der Waals surface area contributed by atoms with Crippen LogP contribution in [0.3, 0.4) is 0 Å². The smallest absolute Gasteiger partial charge is 0.227 e. The third kappa shape index (κ3) is 3.05. The topological polar surface area (TPSA) is 79.5 Å². The molecule has 0 N–H and O–H groups in total. The van der Waals surface area contributed by atoms with Crippen LogP contribution in [0.25, 0.3) is 5.65 Å². The lowest BCUT2D eigenvalue weighted by Gasteiger charge is -2.35. The van der Waals surface area contributed by atoms with Gasteiger partial charge in [0, 0.05) is 26.2 Å². The number of fused-ring (bicyclic) bond motifs is 1. The van der Waals surface area contributed by atoms with Crippen LogP contribution in [0.5, 0.6) is 0 Å². The quantitative estimate of drug-likeness (QED) is 0.822. The fraction of sp³-hybridized carbons (Fsp3) is 0.688. The summed E-state index contributed by atoms with van der Waals surface area (Å²) in [5, 5.41) is 15.8. The molecule has 8 nitrogen and oxygen atoms in total. The van der Waals surface area contributed by atoms with E-state index in [1.807, 2.05) is 12.1 Å². The Balaban J connectivity index is 1.47. The Morgan fingerprint density at radius 2 is 1.88 bits per heavy atom. The zero-order valence-electron chi connectivity index (χ0n) is 13.8. The maximum atomic E-state index is 12.9. The van der Waals surface area contributed by atoms with E-state index in [1.54, 1.807) is 0 Å². The van der Waals surface area contributed by atoms with E-state index in [4.69, 9.17) is 0 Å². The van der Waals surface area contributed by atoms with Crippen molar-refractivity contribution in [2.24, 2.45) is 5.92 Å². The van der Waals surface area contributed by atoms with E-state index in [0.29, 0.717) is 11.6 Å². The molecule has 0 unspecified atom stereocenters. The van der Waals surface area contributed by atoms with Crippen molar-refractivity contribution in [2.75, 3.05) is 31.1 Å². The number of tetrazole rings is 1. The minimum Gasteiger partial charge on any atom is -0.354 e. The molecule has 24 heavy (non-hydrogen) atoms. The first kappa shape index (κ1) is 15.3. The molecule has 0 bridgehead atoms. The minimum absolute atomic E-state index is 0.0724. The molecule has 0 saturated carbocycles. The number of hydrogen-bond donors (Lipinski definition) is 0. The molecule has 2 aromatic rings. The predicted molar refractivity (Wildman–Crippen MR) is 88.6 cm³/mol. The second kappa shape index (κ2) is 6.70. The van der Waals surface area contributed by atoms with Crippen LogP contribution in [-0.4, -0.2) is 62.2 Å². The highest BCUT2D eigenvalue weighted by Gasteiger charge is 2.30. The zero-order valence-corrected chi connectivity index (χ0v) is 13.8. The van der Waals surface area contributed by atoms with Crippen molar-refractivity contribution in [2.45, 2.75) is 38.5 Å². The van der Waals surface area contributed by atoms with Crippen molar-refractivity contribution in [3.8, 4) is 0 Å². The minimum atomic E-state index is 0.0724. The summed E-state index contributed by atoms with van der Waals surface area (Å²) >= 11 is 0. The lowest BCUT2D eigenvalue weighted by molar-refractivity contribution is -0.135. The van der Waals surface area contributed by atoms with Gasteiger partial charge >= 0.3 is 0 Å². The van der Waals surface area contributed by atoms with Crippen LogP contribution in [0.2, 0.25) is 0 Å². The predicted octanol–water partition coefficient (Wildman–Crippen LogP) is 1.14. The van der Waals surface area contributed by atoms with Crippen molar-refractivity contribution >= 4 is 17.4 Å². The Kier molecular flexibility index (Phi) is 4.27. The van der Waals surface area contributed by atoms with Gasteiger partial charge < -0.3 is 9.80 Å². The molecule has 2 aromatic heterocycles. The number of anilines is 1. The summed E-state index contributed by atoms with van der Waals surface area (Å²) in [7, 11) is 0. The van der Waals surface area contributed by atoms with Gasteiger partial charge in [0.05, 0.1) is 5.92 Å². The van der Waals surface area contributed by atoms with Crippen LogP contribution in [0.4, 0.5) is 5.82 Å². The maximum absolute atomic E-state index is 12.9. The average Bonchev–Trinajstić information content (AvgIpc) is 2.93. The van der Waals surface area contributed by atoms with Crippen LogP contribution in [-0.2, 0) is 4.79 Å². The molecule has 1 atom stereocenters. The first-order valence-corrected chi connectivity index (χ1v) is 8.90. The highest BCUT2D eigenvalue weighted by molar-refractivity contribution is 5.79. The number of aromatic nitrogens is 5. The van der Waals surface area contributed by atoms with Gasteiger partial charge in [-0.2, -0.15) is 0 Å². The second-order valence-electron chi connectivity index (χ2n) is 6.74. The molecule has 4 rings (SSSR count). The first-order valence-electron chi connectivity index (χ1n) is 8.90. The lowest BCUT2D eigenvalue weighted by Crippen LogP contribution is -2.45. The van der Waals surface area contributed by atoms with E-state index in [0.717, 1.165) is 57.7 Å². The largest absolute Gasteiger partial charge is 0.354 e. The normalized spacial score (nSPS) is 22.6. The molecule has 2 saturated heterocycles. The van der Waals surface area contributed by atoms with Crippen LogP contribution in [0.15, 0.2) is 12.1 Å². The molecule has 0 radical (unpaired) electrons. The van der Waals surface area contributed by atoms with Crippen molar-refractivity contribution in [3.63, 3.8) is 0 Å². The van der Waals surface area contributed by atoms with Crippen LogP contribution in [0.1, 0.15) is 38.5 Å². The summed E-state index contributed by atoms with van der Waals surface area (Å²) < 4.78 is 1.44. The number of piperidine rings is 1. The number of carbonyl (C=O) groups is 1. The summed E-state index contributed by atoms with van der Waals surface area (Å²) in [6.45, 7) is 3.49. The average molecular weight is 329 g/mol. The van der Waals surface area contributed by atoms with Gasteiger partial charge in [-0.25, -0.2) is 0 Å². The third-order valence-corrected chi connectivity index (χ3v) is 5.07. The van der Waals surface area contributed by atoms with Gasteiger partial charge in [0.15, 0.2) is 11.5 Å². The van der Waals surface area contributed by atoms with E-state index in [9.17, 15) is 4.79 Å². The van der Waals surface area contributed by atoms with E-state index >= 15 is 0 Å². The van der Waals surface area contributed by atoms with E-state index in [-0.39, 0.29) is 5.92 Å². The summed E-state index contributed by atoms with van der Waals surface area (Å²) in [6, 6.07) is 3.80. The fourth-order valence-corrected chi connectivity index (χ4v) is 3.74. The van der Waals surface area contributed by atoms with Crippen molar-refractivity contribution in [3.05, 3.63) is 12.1 Å².